The number of nitrogens with zero attached hydrogens (tertiary/aromatic N) is 3. The molecule has 0 atom stereocenters. The van der Waals surface area contributed by atoms with Gasteiger partial charge in [0.05, 0.1) is 30.1 Å². The highest BCUT2D eigenvalue weighted by molar-refractivity contribution is 7.53. The van der Waals surface area contributed by atoms with E-state index in [2.05, 4.69) is 20.6 Å². The van der Waals surface area contributed by atoms with E-state index in [1.54, 1.807) is 51.2 Å². The zero-order valence-electron chi connectivity index (χ0n) is 22.2. The molecule has 214 valence electrons. The topological polar surface area (TPSA) is 137 Å². The van der Waals surface area contributed by atoms with Crippen LogP contribution in [-0.4, -0.2) is 44.7 Å². The van der Waals surface area contributed by atoms with Crippen molar-refractivity contribution in [3.63, 3.8) is 0 Å². The maximum absolute atomic E-state index is 13.9. The number of nitrogens with one attached hydrogen (secondary N) is 2. The van der Waals surface area contributed by atoms with Gasteiger partial charge in [-0.2, -0.15) is 18.2 Å². The van der Waals surface area contributed by atoms with Gasteiger partial charge in [-0.3, -0.25) is 9.36 Å². The summed E-state index contributed by atoms with van der Waals surface area (Å²) in [4.78, 5) is 42.1. The van der Waals surface area contributed by atoms with Gasteiger partial charge in [0.25, 0.3) is 5.91 Å². The van der Waals surface area contributed by atoms with Crippen LogP contribution in [0.5, 0.6) is 5.75 Å². The second kappa shape index (κ2) is 10.7. The summed E-state index contributed by atoms with van der Waals surface area (Å²) in [6, 6.07) is 9.22. The molecule has 1 aromatic heterocycles. The number of carbonyl (C=O) groups is 1. The second-order valence-electron chi connectivity index (χ2n) is 9.39. The second-order valence-corrected chi connectivity index (χ2v) is 11.3. The molecule has 0 radical (unpaired) electrons. The quantitative estimate of drug-likeness (QED) is 0.233. The molecule has 3 aromatic rings. The van der Waals surface area contributed by atoms with Gasteiger partial charge in [-0.1, -0.05) is 26.0 Å². The number of rotatable bonds is 9. The van der Waals surface area contributed by atoms with E-state index in [4.69, 9.17) is 4.74 Å². The van der Waals surface area contributed by atoms with Crippen LogP contribution in [0.3, 0.4) is 0 Å². The lowest BCUT2D eigenvalue weighted by atomic mass is 9.92. The fourth-order valence-electron chi connectivity index (χ4n) is 4.93. The summed E-state index contributed by atoms with van der Waals surface area (Å²) in [7, 11) is -1.46. The molecule has 0 unspecified atom stereocenters. The maximum Gasteiger partial charge on any atom is 0.421 e. The van der Waals surface area contributed by atoms with E-state index in [1.165, 1.54) is 18.1 Å². The van der Waals surface area contributed by atoms with Gasteiger partial charge < -0.3 is 30.1 Å². The monoisotopic (exact) mass is 579 g/mol. The average Bonchev–Trinajstić information content (AvgIpc) is 3.19. The van der Waals surface area contributed by atoms with Gasteiger partial charge in [-0.25, -0.2) is 4.98 Å². The fraction of sp³-hybridized carbons (Fsp3) is 0.346. The number of methoxy groups -OCH3 is 1. The third-order valence-electron chi connectivity index (χ3n) is 7.20. The lowest BCUT2D eigenvalue weighted by Crippen LogP contribution is -2.24. The van der Waals surface area contributed by atoms with Crippen molar-refractivity contribution in [2.24, 2.45) is 0 Å². The highest BCUT2D eigenvalue weighted by Gasteiger charge is 2.45. The number of hydrogen-bond donors (Lipinski definition) is 4. The number of fused-ring (bicyclic) bond motifs is 1. The molecular weight excluding hydrogens is 550 g/mol. The van der Waals surface area contributed by atoms with Crippen LogP contribution in [-0.2, 0) is 22.4 Å². The van der Waals surface area contributed by atoms with E-state index >= 15 is 0 Å². The van der Waals surface area contributed by atoms with Gasteiger partial charge >= 0.3 is 13.8 Å². The largest absolute Gasteiger partial charge is 0.496 e. The van der Waals surface area contributed by atoms with Crippen LogP contribution in [0, 0.1) is 0 Å². The number of halogens is 3. The van der Waals surface area contributed by atoms with Crippen molar-refractivity contribution < 1.29 is 37.1 Å². The molecule has 0 bridgehead atoms. The number of alkyl halides is 3. The number of hydrogen-bond acceptors (Lipinski definition) is 7. The molecule has 0 saturated carbocycles. The number of carbonyl (C=O) groups excluding carboxylic acids is 1. The smallest absolute Gasteiger partial charge is 0.421 e. The minimum absolute atomic E-state index is 0.137. The molecule has 40 heavy (non-hydrogen) atoms. The number of amides is 1. The van der Waals surface area contributed by atoms with E-state index in [1.807, 2.05) is 0 Å². The first-order valence-electron chi connectivity index (χ1n) is 12.4. The van der Waals surface area contributed by atoms with Crippen LogP contribution in [0.25, 0.3) is 0 Å². The molecule has 0 spiro atoms. The van der Waals surface area contributed by atoms with Crippen LogP contribution in [0.1, 0.15) is 53.7 Å². The Balaban J connectivity index is 1.69. The Bertz CT molecular complexity index is 1470. The molecule has 4 rings (SSSR count). The third kappa shape index (κ3) is 5.24. The predicted octanol–water partition coefficient (Wildman–Crippen LogP) is 5.77. The lowest BCUT2D eigenvalue weighted by molar-refractivity contribution is -0.137. The van der Waals surface area contributed by atoms with Crippen LogP contribution in [0.2, 0.25) is 0 Å². The first kappa shape index (κ1) is 29.3. The van der Waals surface area contributed by atoms with Crippen molar-refractivity contribution in [3.8, 4) is 5.75 Å². The van der Waals surface area contributed by atoms with E-state index in [0.29, 0.717) is 28.8 Å². The summed E-state index contributed by atoms with van der Waals surface area (Å²) >= 11 is 0. The Morgan fingerprint density at radius 2 is 1.73 bits per heavy atom. The Morgan fingerprint density at radius 3 is 2.27 bits per heavy atom. The van der Waals surface area contributed by atoms with Crippen molar-refractivity contribution in [1.29, 1.82) is 0 Å². The molecule has 1 amide bonds. The van der Waals surface area contributed by atoms with Crippen LogP contribution in [0.15, 0.2) is 42.6 Å². The normalized spacial score (nSPS) is 13.8. The highest BCUT2D eigenvalue weighted by atomic mass is 31.2. The zero-order valence-corrected chi connectivity index (χ0v) is 23.1. The Hall–Kier alpha value is -3.67. The predicted molar refractivity (Wildman–Crippen MR) is 143 cm³/mol. The fourth-order valence-corrected chi connectivity index (χ4v) is 6.24. The van der Waals surface area contributed by atoms with Crippen molar-refractivity contribution in [3.05, 3.63) is 64.8 Å². The van der Waals surface area contributed by atoms with E-state index < -0.39 is 30.3 Å². The number of benzene rings is 2. The number of anilines is 4. The first-order chi connectivity index (χ1) is 18.8. The lowest BCUT2D eigenvalue weighted by Gasteiger charge is -2.33. The standard InChI is InChI=1S/C26H29F3N5O5P/c1-5-25(6-2,40(36,37)38)15-7-9-16(10-8-15)31-24-30-13-18(26(27,28)29)22(33-24)32-19-11-12-20(39-4)17-14-34(3)23(35)21(17)19/h7-13H,5-6,14H2,1-4H3,(H2,36,37,38)(H2,30,31,32,33). The Morgan fingerprint density at radius 1 is 1.07 bits per heavy atom. The molecule has 0 saturated heterocycles. The highest BCUT2D eigenvalue weighted by Crippen LogP contribution is 2.61. The van der Waals surface area contributed by atoms with Gasteiger partial charge in [0.1, 0.15) is 17.1 Å². The van der Waals surface area contributed by atoms with Gasteiger partial charge in [0, 0.05) is 24.5 Å². The number of aromatic nitrogens is 2. The summed E-state index contributed by atoms with van der Waals surface area (Å²) in [6.07, 6.45) is -3.72. The third-order valence-corrected chi connectivity index (χ3v) is 9.20. The number of ether oxygens (including phenoxy) is 1. The van der Waals surface area contributed by atoms with E-state index in [0.717, 1.165) is 0 Å². The zero-order chi connectivity index (χ0) is 29.5. The molecule has 10 nitrogen and oxygen atoms in total. The van der Waals surface area contributed by atoms with E-state index in [-0.39, 0.29) is 42.5 Å². The summed E-state index contributed by atoms with van der Waals surface area (Å²) in [5, 5.41) is 4.15. The molecule has 0 aliphatic carbocycles. The molecule has 4 N–H and O–H groups in total. The van der Waals surface area contributed by atoms with Gasteiger partial charge in [-0.05, 0) is 42.7 Å². The average molecular weight is 580 g/mol. The molecule has 1 aliphatic heterocycles. The summed E-state index contributed by atoms with van der Waals surface area (Å²) in [5.41, 5.74) is 0.579. The summed E-state index contributed by atoms with van der Waals surface area (Å²) in [5.74, 6) is -0.655. The minimum Gasteiger partial charge on any atom is -0.496 e. The van der Waals surface area contributed by atoms with Gasteiger partial charge in [-0.15, -0.1) is 0 Å². The van der Waals surface area contributed by atoms with Crippen LogP contribution in [0.4, 0.5) is 36.3 Å². The molecule has 2 heterocycles. The summed E-state index contributed by atoms with van der Waals surface area (Å²) in [6.45, 7) is 3.64. The van der Waals surface area contributed by atoms with Crippen LogP contribution < -0.4 is 15.4 Å². The van der Waals surface area contributed by atoms with Crippen LogP contribution >= 0.6 is 7.60 Å². The SMILES string of the molecule is CCC(CC)(c1ccc(Nc2ncc(C(F)(F)F)c(Nc3ccc(OC)c4c3C(=O)N(C)C4)n2)cc1)P(=O)(O)O. The summed E-state index contributed by atoms with van der Waals surface area (Å²) < 4.78 is 59.2. The van der Waals surface area contributed by atoms with Gasteiger partial charge in [0.2, 0.25) is 5.95 Å². The molecular formula is C26H29F3N5O5P. The minimum atomic E-state index is -4.79. The van der Waals surface area contributed by atoms with E-state index in [9.17, 15) is 32.3 Å². The Labute approximate surface area is 228 Å². The first-order valence-corrected chi connectivity index (χ1v) is 14.0. The molecule has 1 aliphatic rings. The van der Waals surface area contributed by atoms with Crippen molar-refractivity contribution in [2.75, 3.05) is 24.8 Å². The van der Waals surface area contributed by atoms with Crippen molar-refractivity contribution in [1.82, 2.24) is 14.9 Å². The van der Waals surface area contributed by atoms with Gasteiger partial charge in [0.15, 0.2) is 0 Å². The molecule has 0 fully saturated rings. The molecule has 2 aromatic carbocycles. The van der Waals surface area contributed by atoms with Crippen molar-refractivity contribution >= 4 is 36.6 Å². The maximum atomic E-state index is 13.9. The van der Waals surface area contributed by atoms with Crippen molar-refractivity contribution in [2.45, 2.75) is 44.6 Å². The molecule has 14 heteroatoms. The Kier molecular flexibility index (Phi) is 7.85.